The molecule has 1 aromatic rings. The van der Waals surface area contributed by atoms with Gasteiger partial charge in [0.1, 0.15) is 11.4 Å². The number of rotatable bonds is 2. The molecule has 1 aliphatic heterocycles. The van der Waals surface area contributed by atoms with Gasteiger partial charge in [-0.2, -0.15) is 0 Å². The van der Waals surface area contributed by atoms with Crippen LogP contribution in [0.1, 0.15) is 50.1 Å². The fourth-order valence-corrected chi connectivity index (χ4v) is 3.35. The third kappa shape index (κ3) is 1.98. The highest BCUT2D eigenvalue weighted by Gasteiger charge is 2.41. The Morgan fingerprint density at radius 3 is 2.78 bits per heavy atom. The summed E-state index contributed by atoms with van der Waals surface area (Å²) in [5.74, 6) is 0.949. The van der Waals surface area contributed by atoms with E-state index in [-0.39, 0.29) is 11.6 Å². The second kappa shape index (κ2) is 4.63. The van der Waals surface area contributed by atoms with Crippen LogP contribution in [0.4, 0.5) is 0 Å². The highest BCUT2D eigenvalue weighted by atomic mass is 16.5. The molecule has 96 valence electrons. The number of hydrogen-bond donors (Lipinski definition) is 1. The molecule has 2 aliphatic rings. The largest absolute Gasteiger partial charge is 0.487 e. The fraction of sp³-hybridized carbons (Fsp3) is 0.533. The molecule has 1 saturated carbocycles. The first-order valence-electron chi connectivity index (χ1n) is 6.81. The normalized spacial score (nSPS) is 25.0. The zero-order valence-corrected chi connectivity index (χ0v) is 10.5. The number of hydrogen-bond acceptors (Lipinski definition) is 2. The maximum atomic E-state index is 10.8. The second-order valence-corrected chi connectivity index (χ2v) is 5.42. The Labute approximate surface area is 108 Å². The first-order chi connectivity index (χ1) is 8.83. The molecule has 3 rings (SSSR count). The van der Waals surface area contributed by atoms with Gasteiger partial charge in [-0.3, -0.25) is 4.79 Å². The summed E-state index contributed by atoms with van der Waals surface area (Å²) in [6.07, 6.45) is 7.70. The summed E-state index contributed by atoms with van der Waals surface area (Å²) < 4.78 is 6.28. The minimum Gasteiger partial charge on any atom is -0.487 e. The van der Waals surface area contributed by atoms with Gasteiger partial charge in [0.25, 0.3) is 0 Å². The number of carbonyl (C=O) groups is 1. The van der Waals surface area contributed by atoms with Crippen LogP contribution < -0.4 is 10.1 Å². The van der Waals surface area contributed by atoms with E-state index < -0.39 is 0 Å². The summed E-state index contributed by atoms with van der Waals surface area (Å²) in [4.78, 5) is 10.8. The molecule has 1 aromatic carbocycles. The van der Waals surface area contributed by atoms with Crippen molar-refractivity contribution >= 4 is 6.41 Å². The molecule has 0 radical (unpaired) electrons. The molecule has 1 N–H and O–H groups in total. The van der Waals surface area contributed by atoms with Crippen LogP contribution in [0, 0.1) is 0 Å². The minimum absolute atomic E-state index is 0.0483. The zero-order valence-electron chi connectivity index (χ0n) is 10.5. The van der Waals surface area contributed by atoms with Crippen LogP contribution >= 0.6 is 0 Å². The van der Waals surface area contributed by atoms with Gasteiger partial charge in [0.2, 0.25) is 6.41 Å². The molecule has 1 unspecified atom stereocenters. The summed E-state index contributed by atoms with van der Waals surface area (Å²) in [7, 11) is 0. The van der Waals surface area contributed by atoms with Crippen molar-refractivity contribution in [3.8, 4) is 5.75 Å². The SMILES string of the molecule is O=CNC1CC2(CCCCC2)Oc2ccccc21. The van der Waals surface area contributed by atoms with Gasteiger partial charge in [0, 0.05) is 12.0 Å². The highest BCUT2D eigenvalue weighted by Crippen LogP contribution is 2.45. The molecule has 0 saturated heterocycles. The van der Waals surface area contributed by atoms with Gasteiger partial charge < -0.3 is 10.1 Å². The molecule has 1 aliphatic carbocycles. The Morgan fingerprint density at radius 2 is 2.00 bits per heavy atom. The monoisotopic (exact) mass is 245 g/mol. The number of fused-ring (bicyclic) bond motifs is 1. The van der Waals surface area contributed by atoms with E-state index in [1.807, 2.05) is 24.3 Å². The first kappa shape index (κ1) is 11.6. The van der Waals surface area contributed by atoms with Gasteiger partial charge in [-0.25, -0.2) is 0 Å². The summed E-state index contributed by atoms with van der Waals surface area (Å²) in [6.45, 7) is 0. The van der Waals surface area contributed by atoms with E-state index in [1.165, 1.54) is 19.3 Å². The fourth-order valence-electron chi connectivity index (χ4n) is 3.35. The van der Waals surface area contributed by atoms with Gasteiger partial charge >= 0.3 is 0 Å². The van der Waals surface area contributed by atoms with Crippen LogP contribution in [0.5, 0.6) is 5.75 Å². The van der Waals surface area contributed by atoms with Crippen molar-refractivity contribution in [2.75, 3.05) is 0 Å². The van der Waals surface area contributed by atoms with Gasteiger partial charge in [-0.15, -0.1) is 0 Å². The van der Waals surface area contributed by atoms with Crippen molar-refractivity contribution in [1.29, 1.82) is 0 Å². The van der Waals surface area contributed by atoms with E-state index in [0.717, 1.165) is 37.0 Å². The Hall–Kier alpha value is -1.51. The van der Waals surface area contributed by atoms with Crippen molar-refractivity contribution in [2.45, 2.75) is 50.2 Å². The number of nitrogens with one attached hydrogen (secondary N) is 1. The molecule has 0 bridgehead atoms. The molecule has 1 fully saturated rings. The molecule has 3 nitrogen and oxygen atoms in total. The zero-order chi connectivity index (χ0) is 12.4. The summed E-state index contributed by atoms with van der Waals surface area (Å²) in [5.41, 5.74) is 1.06. The third-order valence-corrected chi connectivity index (χ3v) is 4.23. The maximum absolute atomic E-state index is 10.8. The van der Waals surface area contributed by atoms with Crippen LogP contribution in [-0.2, 0) is 4.79 Å². The van der Waals surface area contributed by atoms with Crippen LogP contribution in [0.2, 0.25) is 0 Å². The standard InChI is InChI=1S/C15H19NO2/c17-11-16-13-10-15(8-4-1-5-9-15)18-14-7-3-2-6-12(13)14/h2-3,6-7,11,13H,1,4-5,8-10H2,(H,16,17). The van der Waals surface area contributed by atoms with Gasteiger partial charge in [-0.1, -0.05) is 24.6 Å². The predicted molar refractivity (Wildman–Crippen MR) is 69.4 cm³/mol. The van der Waals surface area contributed by atoms with Crippen molar-refractivity contribution in [3.05, 3.63) is 29.8 Å². The van der Waals surface area contributed by atoms with E-state index in [1.54, 1.807) is 0 Å². The average molecular weight is 245 g/mol. The number of carbonyl (C=O) groups excluding carboxylic acids is 1. The van der Waals surface area contributed by atoms with Gasteiger partial charge in [0.15, 0.2) is 0 Å². The predicted octanol–water partition coefficient (Wildman–Crippen LogP) is 2.96. The lowest BCUT2D eigenvalue weighted by Gasteiger charge is -2.44. The number of ether oxygens (including phenoxy) is 1. The van der Waals surface area contributed by atoms with Gasteiger partial charge in [0.05, 0.1) is 6.04 Å². The molecule has 18 heavy (non-hydrogen) atoms. The topological polar surface area (TPSA) is 38.3 Å². The maximum Gasteiger partial charge on any atom is 0.207 e. The third-order valence-electron chi connectivity index (χ3n) is 4.23. The van der Waals surface area contributed by atoms with E-state index in [9.17, 15) is 4.79 Å². The second-order valence-electron chi connectivity index (χ2n) is 5.42. The average Bonchev–Trinajstić information content (AvgIpc) is 2.40. The van der Waals surface area contributed by atoms with Crippen LogP contribution in [-0.4, -0.2) is 12.0 Å². The van der Waals surface area contributed by atoms with Crippen LogP contribution in [0.15, 0.2) is 24.3 Å². The van der Waals surface area contributed by atoms with E-state index in [4.69, 9.17) is 4.74 Å². The number of para-hydroxylation sites is 1. The van der Waals surface area contributed by atoms with Gasteiger partial charge in [-0.05, 0) is 31.7 Å². The molecule has 1 atom stereocenters. The van der Waals surface area contributed by atoms with Crippen LogP contribution in [0.25, 0.3) is 0 Å². The number of benzene rings is 1. The molecule has 0 aromatic heterocycles. The van der Waals surface area contributed by atoms with Crippen molar-refractivity contribution in [1.82, 2.24) is 5.32 Å². The number of amides is 1. The molecule has 3 heteroatoms. The lowest BCUT2D eigenvalue weighted by molar-refractivity contribution is -0.111. The quantitative estimate of drug-likeness (QED) is 0.813. The summed E-state index contributed by atoms with van der Waals surface area (Å²) in [5, 5.41) is 2.95. The van der Waals surface area contributed by atoms with E-state index in [0.29, 0.717) is 0 Å². The van der Waals surface area contributed by atoms with E-state index >= 15 is 0 Å². The molecule has 1 spiro atoms. The summed E-state index contributed by atoms with van der Waals surface area (Å²) in [6, 6.07) is 8.17. The van der Waals surface area contributed by atoms with E-state index in [2.05, 4.69) is 5.32 Å². The lowest BCUT2D eigenvalue weighted by atomic mass is 9.77. The Balaban J connectivity index is 1.93. The lowest BCUT2D eigenvalue weighted by Crippen LogP contribution is -2.45. The molecule has 1 amide bonds. The Kier molecular flexibility index (Phi) is 2.98. The molecular weight excluding hydrogens is 226 g/mol. The molecule has 1 heterocycles. The van der Waals surface area contributed by atoms with Crippen molar-refractivity contribution in [2.24, 2.45) is 0 Å². The Morgan fingerprint density at radius 1 is 1.22 bits per heavy atom. The van der Waals surface area contributed by atoms with Crippen LogP contribution in [0.3, 0.4) is 0 Å². The first-order valence-corrected chi connectivity index (χ1v) is 6.81. The molecular formula is C15H19NO2. The summed E-state index contributed by atoms with van der Waals surface area (Å²) >= 11 is 0. The van der Waals surface area contributed by atoms with Crippen molar-refractivity contribution in [3.63, 3.8) is 0 Å². The van der Waals surface area contributed by atoms with Crippen molar-refractivity contribution < 1.29 is 9.53 Å². The highest BCUT2D eigenvalue weighted by molar-refractivity contribution is 5.50. The minimum atomic E-state index is -0.0483. The smallest absolute Gasteiger partial charge is 0.207 e. The Bertz CT molecular complexity index is 438.